The van der Waals surface area contributed by atoms with Gasteiger partial charge >= 0.3 is 0 Å². The Hall–Kier alpha value is -1.10. The predicted molar refractivity (Wildman–Crippen MR) is 70.8 cm³/mol. The lowest BCUT2D eigenvalue weighted by molar-refractivity contribution is 0.176. The highest BCUT2D eigenvalue weighted by atomic mass is 35.5. The first-order valence-corrected chi connectivity index (χ1v) is 6.36. The van der Waals surface area contributed by atoms with Crippen LogP contribution in [0.25, 0.3) is 0 Å². The summed E-state index contributed by atoms with van der Waals surface area (Å²) in [7, 11) is 1.63. The Morgan fingerprint density at radius 1 is 1.39 bits per heavy atom. The van der Waals surface area contributed by atoms with E-state index in [0.717, 1.165) is 17.0 Å². The molecule has 18 heavy (non-hydrogen) atoms. The summed E-state index contributed by atoms with van der Waals surface area (Å²) in [5, 5.41) is 8.84. The molecule has 0 unspecified atom stereocenters. The third kappa shape index (κ3) is 3.02. The highest BCUT2D eigenvalue weighted by molar-refractivity contribution is 6.30. The summed E-state index contributed by atoms with van der Waals surface area (Å²) in [6, 6.07) is 7.64. The van der Waals surface area contributed by atoms with E-state index in [1.54, 1.807) is 11.8 Å². The SMILES string of the molecule is COCc1c(CCl)nnn1Cc1cccc(Cl)c1. The van der Waals surface area contributed by atoms with Crippen molar-refractivity contribution in [3.63, 3.8) is 0 Å². The first-order chi connectivity index (χ1) is 8.74. The van der Waals surface area contributed by atoms with Crippen molar-refractivity contribution in [1.82, 2.24) is 15.0 Å². The van der Waals surface area contributed by atoms with Crippen LogP contribution >= 0.6 is 23.2 Å². The van der Waals surface area contributed by atoms with E-state index in [0.29, 0.717) is 24.1 Å². The molecule has 0 N–H and O–H groups in total. The predicted octanol–water partition coefficient (Wildman–Crippen LogP) is 2.87. The van der Waals surface area contributed by atoms with Crippen molar-refractivity contribution in [1.29, 1.82) is 0 Å². The lowest BCUT2D eigenvalue weighted by atomic mass is 10.2. The summed E-state index contributed by atoms with van der Waals surface area (Å²) in [6.07, 6.45) is 0. The van der Waals surface area contributed by atoms with Crippen molar-refractivity contribution in [2.75, 3.05) is 7.11 Å². The van der Waals surface area contributed by atoms with E-state index in [9.17, 15) is 0 Å². The number of aromatic nitrogens is 3. The monoisotopic (exact) mass is 285 g/mol. The van der Waals surface area contributed by atoms with Gasteiger partial charge in [0.1, 0.15) is 5.69 Å². The zero-order valence-corrected chi connectivity index (χ0v) is 11.4. The molecule has 0 spiro atoms. The van der Waals surface area contributed by atoms with Gasteiger partial charge < -0.3 is 4.74 Å². The molecule has 0 aliphatic carbocycles. The van der Waals surface area contributed by atoms with E-state index in [2.05, 4.69) is 10.3 Å². The fraction of sp³-hybridized carbons (Fsp3) is 0.333. The summed E-state index contributed by atoms with van der Waals surface area (Å²) >= 11 is 11.8. The Morgan fingerprint density at radius 3 is 2.89 bits per heavy atom. The summed E-state index contributed by atoms with van der Waals surface area (Å²) in [4.78, 5) is 0. The molecule has 1 heterocycles. The first kappa shape index (κ1) is 13.3. The van der Waals surface area contributed by atoms with Crippen LogP contribution in [0.15, 0.2) is 24.3 Å². The van der Waals surface area contributed by atoms with Gasteiger partial charge in [-0.2, -0.15) is 0 Å². The second-order valence-corrected chi connectivity index (χ2v) is 4.54. The van der Waals surface area contributed by atoms with Crippen molar-refractivity contribution in [2.24, 2.45) is 0 Å². The molecule has 0 saturated carbocycles. The number of halogens is 2. The Morgan fingerprint density at radius 2 is 2.22 bits per heavy atom. The van der Waals surface area contributed by atoms with Crippen molar-refractivity contribution in [3.8, 4) is 0 Å². The van der Waals surface area contributed by atoms with Crippen LogP contribution in [0, 0.1) is 0 Å². The van der Waals surface area contributed by atoms with Crippen molar-refractivity contribution < 1.29 is 4.74 Å². The van der Waals surface area contributed by atoms with Crippen LogP contribution in [-0.4, -0.2) is 22.1 Å². The standard InChI is InChI=1S/C12H13Cl2N3O/c1-18-8-12-11(6-13)15-16-17(12)7-9-3-2-4-10(14)5-9/h2-5H,6-8H2,1H3. The molecule has 0 fully saturated rings. The molecule has 0 aliphatic heterocycles. The fourth-order valence-electron chi connectivity index (χ4n) is 1.70. The topological polar surface area (TPSA) is 39.9 Å². The molecule has 0 saturated heterocycles. The average molecular weight is 286 g/mol. The first-order valence-electron chi connectivity index (χ1n) is 5.45. The molecule has 2 aromatic rings. The van der Waals surface area contributed by atoms with Crippen molar-refractivity contribution in [2.45, 2.75) is 19.0 Å². The number of nitrogens with zero attached hydrogens (tertiary/aromatic N) is 3. The van der Waals surface area contributed by atoms with E-state index in [4.69, 9.17) is 27.9 Å². The molecule has 0 amide bonds. The minimum atomic E-state index is 0.328. The average Bonchev–Trinajstić information content (AvgIpc) is 2.72. The Balaban J connectivity index is 2.25. The molecule has 0 atom stereocenters. The third-order valence-electron chi connectivity index (χ3n) is 2.55. The van der Waals surface area contributed by atoms with Gasteiger partial charge in [-0.15, -0.1) is 16.7 Å². The number of rotatable bonds is 5. The van der Waals surface area contributed by atoms with Gasteiger partial charge in [-0.3, -0.25) is 0 Å². The Kier molecular flexibility index (Phi) is 4.58. The number of ether oxygens (including phenoxy) is 1. The van der Waals surface area contributed by atoms with Gasteiger partial charge in [-0.25, -0.2) is 4.68 Å². The zero-order valence-electron chi connectivity index (χ0n) is 9.94. The van der Waals surface area contributed by atoms with Gasteiger partial charge in [0.05, 0.1) is 24.7 Å². The van der Waals surface area contributed by atoms with Crippen LogP contribution in [0.5, 0.6) is 0 Å². The second-order valence-electron chi connectivity index (χ2n) is 3.84. The molecule has 1 aromatic heterocycles. The zero-order chi connectivity index (χ0) is 13.0. The van der Waals surface area contributed by atoms with E-state index in [1.165, 1.54) is 0 Å². The number of hydrogen-bond acceptors (Lipinski definition) is 3. The smallest absolute Gasteiger partial charge is 0.103 e. The molecule has 1 aromatic carbocycles. The van der Waals surface area contributed by atoms with Crippen LogP contribution in [0.2, 0.25) is 5.02 Å². The van der Waals surface area contributed by atoms with Crippen molar-refractivity contribution >= 4 is 23.2 Å². The number of hydrogen-bond donors (Lipinski definition) is 0. The van der Waals surface area contributed by atoms with Gasteiger partial charge in [0.15, 0.2) is 0 Å². The van der Waals surface area contributed by atoms with E-state index < -0.39 is 0 Å². The minimum absolute atomic E-state index is 0.328. The lowest BCUT2D eigenvalue weighted by Gasteiger charge is -2.07. The molecule has 0 aliphatic rings. The van der Waals surface area contributed by atoms with Crippen LogP contribution in [0.4, 0.5) is 0 Å². The van der Waals surface area contributed by atoms with Gasteiger partial charge in [0.25, 0.3) is 0 Å². The number of alkyl halides is 1. The molecule has 2 rings (SSSR count). The highest BCUT2D eigenvalue weighted by Gasteiger charge is 2.12. The van der Waals surface area contributed by atoms with Gasteiger partial charge in [0.2, 0.25) is 0 Å². The maximum absolute atomic E-state index is 5.95. The molecular formula is C12H13Cl2N3O. The quantitative estimate of drug-likeness (QED) is 0.793. The Labute approximate surface area is 115 Å². The van der Waals surface area contributed by atoms with Gasteiger partial charge in [0, 0.05) is 12.1 Å². The van der Waals surface area contributed by atoms with Crippen molar-refractivity contribution in [3.05, 3.63) is 46.2 Å². The molecule has 4 nitrogen and oxygen atoms in total. The normalized spacial score (nSPS) is 10.8. The van der Waals surface area contributed by atoms with Crippen LogP contribution in [0.1, 0.15) is 17.0 Å². The summed E-state index contributed by atoms with van der Waals surface area (Å²) < 4.78 is 6.93. The maximum Gasteiger partial charge on any atom is 0.103 e. The van der Waals surface area contributed by atoms with Crippen LogP contribution in [0.3, 0.4) is 0 Å². The van der Waals surface area contributed by atoms with E-state index in [1.807, 2.05) is 24.3 Å². The van der Waals surface area contributed by atoms with Crippen LogP contribution < -0.4 is 0 Å². The number of methoxy groups -OCH3 is 1. The van der Waals surface area contributed by atoms with E-state index in [-0.39, 0.29) is 0 Å². The van der Waals surface area contributed by atoms with E-state index >= 15 is 0 Å². The Bertz CT molecular complexity index is 528. The molecule has 6 heteroatoms. The molecular weight excluding hydrogens is 273 g/mol. The minimum Gasteiger partial charge on any atom is -0.378 e. The lowest BCUT2D eigenvalue weighted by Crippen LogP contribution is -2.08. The second kappa shape index (κ2) is 6.18. The summed E-state index contributed by atoms with van der Waals surface area (Å²) in [5.74, 6) is 0.328. The highest BCUT2D eigenvalue weighted by Crippen LogP contribution is 2.15. The molecule has 0 radical (unpaired) electrons. The van der Waals surface area contributed by atoms with Gasteiger partial charge in [-0.1, -0.05) is 28.9 Å². The van der Waals surface area contributed by atoms with Gasteiger partial charge in [-0.05, 0) is 17.7 Å². The number of benzene rings is 1. The largest absolute Gasteiger partial charge is 0.378 e. The molecule has 96 valence electrons. The van der Waals surface area contributed by atoms with Crippen LogP contribution in [-0.2, 0) is 23.8 Å². The third-order valence-corrected chi connectivity index (χ3v) is 3.04. The fourth-order valence-corrected chi connectivity index (χ4v) is 2.12. The summed E-state index contributed by atoms with van der Waals surface area (Å²) in [6.45, 7) is 1.04. The maximum atomic E-state index is 5.95. The molecule has 0 bridgehead atoms. The summed E-state index contributed by atoms with van der Waals surface area (Å²) in [5.41, 5.74) is 2.71.